The Morgan fingerprint density at radius 2 is 1.03 bits per heavy atom. The second kappa shape index (κ2) is 34.1. The molecule has 3 saturated carbocycles. The number of anilines is 1. The number of aromatic nitrogens is 1. The van der Waals surface area contributed by atoms with Crippen molar-refractivity contribution in [2.45, 2.75) is 178 Å². The van der Waals surface area contributed by atoms with E-state index in [1.165, 1.54) is 50.0 Å². The van der Waals surface area contributed by atoms with Crippen molar-refractivity contribution in [3.05, 3.63) is 171 Å². The number of carbonyl (C=O) groups excluding carboxylic acids is 5. The number of primary amides is 1. The molecule has 0 spiro atoms. The van der Waals surface area contributed by atoms with E-state index in [-0.39, 0.29) is 89.8 Å². The molecule has 1 aliphatic heterocycles. The van der Waals surface area contributed by atoms with Gasteiger partial charge in [0.2, 0.25) is 29.5 Å². The minimum absolute atomic E-state index is 0.00762. The largest absolute Gasteiger partial charge is 0.369 e. The number of aromatic amines is 1. The number of piperazine rings is 1. The van der Waals surface area contributed by atoms with Crippen LogP contribution in [0, 0.1) is 26.7 Å². The molecule has 2 heterocycles. The average molecular weight is 1300 g/mol. The molecule has 508 valence electrons. The summed E-state index contributed by atoms with van der Waals surface area (Å²) in [6, 6.07) is 42.6. The maximum atomic E-state index is 12.8. The fourth-order valence-electron chi connectivity index (χ4n) is 14.8. The number of nitrogens with two attached hydrogens (primary N) is 1. The molecule has 1 aromatic heterocycles. The van der Waals surface area contributed by atoms with Crippen molar-refractivity contribution < 1.29 is 24.0 Å². The average Bonchev–Trinajstić information content (AvgIpc) is 1.08. The van der Waals surface area contributed by atoms with Crippen LogP contribution in [0.25, 0.3) is 10.9 Å². The number of nitrogens with one attached hydrogen (secondary N) is 3. The summed E-state index contributed by atoms with van der Waals surface area (Å²) in [4.78, 5) is 78.5. The molecule has 10 rings (SSSR count). The molecule has 0 radical (unpaired) electrons. The van der Waals surface area contributed by atoms with Gasteiger partial charge < -0.3 is 50.8 Å². The molecule has 0 unspecified atom stereocenters. The van der Waals surface area contributed by atoms with Gasteiger partial charge in [0.05, 0.1) is 0 Å². The Labute approximate surface area is 566 Å². The number of hydrogen-bond acceptors (Lipinski definition) is 9. The highest BCUT2D eigenvalue weighted by atomic mass is 35.5. The lowest BCUT2D eigenvalue weighted by molar-refractivity contribution is -0.134. The van der Waals surface area contributed by atoms with Crippen LogP contribution in [0.5, 0.6) is 0 Å². The molecule has 6 aromatic rings. The monoisotopic (exact) mass is 1300 g/mol. The number of fused-ring (bicyclic) bond motifs is 1. The standard InChI is InChI=1S/C32H46N4O2.C30H39ClN4O2.C16H24N2O/c1-24-9-11-27(12-10-24)23-32(34(4)5)17-15-28(16-18-32)33-30(37)13-14-31(38)36-21-19-35(20-22-36)29-8-6-7-25(2)26(29)3;1-34(2)30(20-22-8-10-24(31)11-9-22)17-14-25(15-18-30)33-28(36)12-13-29(37)35(3)19-16-23-21-32-27-7-5-4-6-26(23)27;1-18(2)16(12-13-6-4-3-5-7-13)10-8-14(9-11-16)15(17)19/h6-12,28H,13-23H2,1-5H3,(H,33,37);4-11,21,25,32H,12-20H2,1-3H3,(H,33,36);3-7,14H,8-12H2,1-2H3,(H2,17,19). The molecule has 16 heteroatoms. The van der Waals surface area contributed by atoms with Crippen molar-refractivity contribution in [1.29, 1.82) is 0 Å². The van der Waals surface area contributed by atoms with E-state index in [0.717, 1.165) is 126 Å². The normalized spacial score (nSPS) is 22.2. The third kappa shape index (κ3) is 20.0. The Bertz CT molecular complexity index is 3390. The van der Waals surface area contributed by atoms with Gasteiger partial charge in [0.25, 0.3) is 0 Å². The molecule has 4 fully saturated rings. The number of benzene rings is 5. The van der Waals surface area contributed by atoms with Gasteiger partial charge in [-0.2, -0.15) is 0 Å². The second-order valence-electron chi connectivity index (χ2n) is 28.4. The Morgan fingerprint density at radius 3 is 1.55 bits per heavy atom. The van der Waals surface area contributed by atoms with Gasteiger partial charge in [-0.1, -0.05) is 114 Å². The number of H-pyrrole nitrogens is 1. The van der Waals surface area contributed by atoms with Gasteiger partial charge in [0, 0.05) is 128 Å². The zero-order valence-electron chi connectivity index (χ0n) is 58.2. The molecule has 94 heavy (non-hydrogen) atoms. The van der Waals surface area contributed by atoms with Gasteiger partial charge in [-0.15, -0.1) is 0 Å². The zero-order valence-corrected chi connectivity index (χ0v) is 59.0. The van der Waals surface area contributed by atoms with Crippen LogP contribution in [0.1, 0.15) is 142 Å². The summed E-state index contributed by atoms with van der Waals surface area (Å²) in [6.07, 6.45) is 18.8. The predicted octanol–water partition coefficient (Wildman–Crippen LogP) is 12.1. The quantitative estimate of drug-likeness (QED) is 0.0516. The van der Waals surface area contributed by atoms with Gasteiger partial charge in [-0.05, 0) is 223 Å². The third-order valence-corrected chi connectivity index (χ3v) is 22.0. The van der Waals surface area contributed by atoms with Gasteiger partial charge in [-0.3, -0.25) is 24.0 Å². The Balaban J connectivity index is 0.000000191. The molecule has 0 bridgehead atoms. The molecule has 15 nitrogen and oxygen atoms in total. The van der Waals surface area contributed by atoms with Crippen molar-refractivity contribution >= 4 is 57.7 Å². The SMILES string of the molecule is CN(C)C1(Cc2ccccc2)CCC(C(N)=O)CC1.CN(CCc1c[nH]c2ccccc12)C(=O)CCC(=O)NC1CCC(Cc2ccc(Cl)cc2)(N(C)C)CC1.Cc1ccc(CC2(N(C)C)CCC(NC(=O)CCC(=O)N3CCN(c4cccc(C)c4C)CC3)CC2)cc1. The first kappa shape index (κ1) is 72.8. The van der Waals surface area contributed by atoms with E-state index < -0.39 is 0 Å². The Kier molecular flexibility index (Phi) is 26.4. The van der Waals surface area contributed by atoms with E-state index >= 15 is 0 Å². The smallest absolute Gasteiger partial charge is 0.223 e. The van der Waals surface area contributed by atoms with Crippen molar-refractivity contribution in [3.63, 3.8) is 0 Å². The first-order valence-corrected chi connectivity index (χ1v) is 35.0. The second-order valence-corrected chi connectivity index (χ2v) is 28.8. The lowest BCUT2D eigenvalue weighted by Crippen LogP contribution is -2.52. The van der Waals surface area contributed by atoms with Gasteiger partial charge in [-0.25, -0.2) is 0 Å². The maximum absolute atomic E-state index is 12.8. The van der Waals surface area contributed by atoms with Crippen LogP contribution in [0.3, 0.4) is 0 Å². The minimum atomic E-state index is -0.132. The first-order valence-electron chi connectivity index (χ1n) is 34.6. The van der Waals surface area contributed by atoms with Crippen molar-refractivity contribution in [3.8, 4) is 0 Å². The lowest BCUT2D eigenvalue weighted by Gasteiger charge is -2.45. The summed E-state index contributed by atoms with van der Waals surface area (Å²) < 4.78 is 0. The van der Waals surface area contributed by atoms with Crippen LogP contribution in [-0.2, 0) is 49.7 Å². The van der Waals surface area contributed by atoms with Crippen LogP contribution in [-0.4, -0.2) is 170 Å². The van der Waals surface area contributed by atoms with Gasteiger partial charge in [0.15, 0.2) is 0 Å². The number of aryl methyl sites for hydroxylation is 2. The van der Waals surface area contributed by atoms with E-state index in [1.54, 1.807) is 4.90 Å². The molecule has 3 aliphatic carbocycles. The van der Waals surface area contributed by atoms with Crippen LogP contribution in [0.4, 0.5) is 5.69 Å². The number of halogens is 1. The topological polar surface area (TPSA) is 171 Å². The number of nitrogens with zero attached hydrogens (tertiary/aromatic N) is 6. The molecule has 4 aliphatic rings. The molecule has 5 amide bonds. The Morgan fingerprint density at radius 1 is 0.553 bits per heavy atom. The predicted molar refractivity (Wildman–Crippen MR) is 384 cm³/mol. The summed E-state index contributed by atoms with van der Waals surface area (Å²) >= 11 is 6.06. The highest BCUT2D eigenvalue weighted by Gasteiger charge is 2.41. The molecule has 1 saturated heterocycles. The third-order valence-electron chi connectivity index (χ3n) is 21.7. The molecule has 5 N–H and O–H groups in total. The maximum Gasteiger partial charge on any atom is 0.223 e. The van der Waals surface area contributed by atoms with E-state index in [4.69, 9.17) is 17.3 Å². The van der Waals surface area contributed by atoms with E-state index in [1.807, 2.05) is 42.4 Å². The van der Waals surface area contributed by atoms with Crippen LogP contribution < -0.4 is 21.3 Å². The summed E-state index contributed by atoms with van der Waals surface area (Å²) in [7, 11) is 14.8. The van der Waals surface area contributed by atoms with Crippen molar-refractivity contribution in [2.75, 3.05) is 87.0 Å². The van der Waals surface area contributed by atoms with Crippen molar-refractivity contribution in [2.24, 2.45) is 11.7 Å². The number of likely N-dealkylation sites (N-methyl/N-ethyl adjacent to an activating group) is 4. The van der Waals surface area contributed by atoms with Crippen molar-refractivity contribution in [1.82, 2.24) is 40.1 Å². The fraction of sp³-hybridized carbons (Fsp3) is 0.526. The highest BCUT2D eigenvalue weighted by molar-refractivity contribution is 6.30. The number of rotatable bonds is 22. The summed E-state index contributed by atoms with van der Waals surface area (Å²) in [5.74, 6) is 0.0185. The summed E-state index contributed by atoms with van der Waals surface area (Å²) in [5, 5.41) is 8.37. The van der Waals surface area contributed by atoms with Crippen LogP contribution >= 0.6 is 11.6 Å². The van der Waals surface area contributed by atoms with Gasteiger partial charge in [0.1, 0.15) is 0 Å². The van der Waals surface area contributed by atoms with E-state index in [2.05, 4.69) is 195 Å². The number of carbonyl (C=O) groups is 5. The molecular formula is C78H109ClN10O5. The number of amides is 5. The summed E-state index contributed by atoms with van der Waals surface area (Å²) in [5.41, 5.74) is 17.3. The molecule has 0 atom stereocenters. The molecular weight excluding hydrogens is 1190 g/mol. The summed E-state index contributed by atoms with van der Waals surface area (Å²) in [6.45, 7) is 10.2. The number of hydrogen-bond donors (Lipinski definition) is 4. The van der Waals surface area contributed by atoms with Crippen LogP contribution in [0.2, 0.25) is 5.02 Å². The minimum Gasteiger partial charge on any atom is -0.369 e. The zero-order chi connectivity index (χ0) is 67.6. The van der Waals surface area contributed by atoms with E-state index in [9.17, 15) is 24.0 Å². The van der Waals surface area contributed by atoms with Gasteiger partial charge >= 0.3 is 0 Å². The highest BCUT2D eigenvalue weighted by Crippen LogP contribution is 2.40. The lowest BCUT2D eigenvalue weighted by atomic mass is 9.72. The van der Waals surface area contributed by atoms with E-state index in [0.29, 0.717) is 19.6 Å². The van der Waals surface area contributed by atoms with Crippen LogP contribution in [0.15, 0.2) is 128 Å². The fourth-order valence-corrected chi connectivity index (χ4v) is 15.0. The first-order chi connectivity index (χ1) is 45.0. The molecule has 5 aromatic carbocycles. The number of para-hydroxylation sites is 1. The Hall–Kier alpha value is -7.04.